The highest BCUT2D eigenvalue weighted by Crippen LogP contribution is 2.29. The molecule has 1 aliphatic rings. The van der Waals surface area contributed by atoms with Crippen molar-refractivity contribution in [1.82, 2.24) is 9.55 Å². The Balaban J connectivity index is 1.94. The minimum absolute atomic E-state index is 0.0416. The number of aryl methyl sites for hydroxylation is 1. The van der Waals surface area contributed by atoms with Crippen LogP contribution in [-0.2, 0) is 4.74 Å². The van der Waals surface area contributed by atoms with Crippen LogP contribution in [-0.4, -0.2) is 22.8 Å². The van der Waals surface area contributed by atoms with Crippen molar-refractivity contribution in [3.05, 3.63) is 46.5 Å². The zero-order chi connectivity index (χ0) is 14.1. The molecular weight excluding hydrogens is 318 g/mol. The number of rotatable bonds is 3. The Labute approximate surface area is 127 Å². The molecule has 3 rings (SSSR count). The molecule has 2 N–H and O–H groups in total. The summed E-state index contributed by atoms with van der Waals surface area (Å²) in [6, 6.07) is 6.23. The molecule has 0 radical (unpaired) electrons. The maximum Gasteiger partial charge on any atom is 0.0994 e. The van der Waals surface area contributed by atoms with Crippen LogP contribution in [0.2, 0.25) is 0 Å². The fourth-order valence-corrected chi connectivity index (χ4v) is 2.94. The van der Waals surface area contributed by atoms with Crippen molar-refractivity contribution in [3.63, 3.8) is 0 Å². The van der Waals surface area contributed by atoms with Gasteiger partial charge in [0.1, 0.15) is 0 Å². The van der Waals surface area contributed by atoms with Gasteiger partial charge in [-0.2, -0.15) is 0 Å². The lowest BCUT2D eigenvalue weighted by atomic mass is 9.97. The zero-order valence-corrected chi connectivity index (χ0v) is 13.0. The molecule has 1 fully saturated rings. The molecule has 0 saturated carbocycles. The summed E-state index contributed by atoms with van der Waals surface area (Å²) in [7, 11) is 0. The van der Waals surface area contributed by atoms with E-state index in [-0.39, 0.29) is 6.04 Å². The summed E-state index contributed by atoms with van der Waals surface area (Å²) < 4.78 is 8.59. The van der Waals surface area contributed by atoms with Crippen molar-refractivity contribution in [3.8, 4) is 5.69 Å². The molecule has 20 heavy (non-hydrogen) atoms. The molecule has 1 aliphatic heterocycles. The number of hydrogen-bond acceptors (Lipinski definition) is 3. The standard InChI is InChI=1S/C15H18BrN3O/c1-10-2-3-12(6-13(10)16)19-9-18-7-14(19)15(17)11-4-5-20-8-11/h2-3,6-7,9,11,15H,4-5,8,17H2,1H3. The lowest BCUT2D eigenvalue weighted by Gasteiger charge is -2.19. The Bertz CT molecular complexity index is 605. The number of nitrogens with zero attached hydrogens (tertiary/aromatic N) is 2. The van der Waals surface area contributed by atoms with Crippen molar-refractivity contribution in [1.29, 1.82) is 0 Å². The van der Waals surface area contributed by atoms with Gasteiger partial charge < -0.3 is 15.0 Å². The Morgan fingerprint density at radius 1 is 1.50 bits per heavy atom. The van der Waals surface area contributed by atoms with E-state index < -0.39 is 0 Å². The molecule has 4 nitrogen and oxygen atoms in total. The van der Waals surface area contributed by atoms with Gasteiger partial charge in [0.25, 0.3) is 0 Å². The van der Waals surface area contributed by atoms with Crippen LogP contribution in [0.5, 0.6) is 0 Å². The minimum atomic E-state index is -0.0416. The fraction of sp³-hybridized carbons (Fsp3) is 0.400. The van der Waals surface area contributed by atoms with Crippen LogP contribution in [0.1, 0.15) is 23.7 Å². The van der Waals surface area contributed by atoms with E-state index in [1.807, 2.05) is 12.5 Å². The second-order valence-corrected chi connectivity index (χ2v) is 6.13. The van der Waals surface area contributed by atoms with E-state index in [2.05, 4.69) is 50.6 Å². The number of halogens is 1. The third kappa shape index (κ3) is 2.53. The van der Waals surface area contributed by atoms with E-state index in [9.17, 15) is 0 Å². The number of hydrogen-bond donors (Lipinski definition) is 1. The van der Waals surface area contributed by atoms with Crippen LogP contribution in [0.3, 0.4) is 0 Å². The van der Waals surface area contributed by atoms with E-state index in [1.165, 1.54) is 5.56 Å². The van der Waals surface area contributed by atoms with Crippen molar-refractivity contribution in [2.75, 3.05) is 13.2 Å². The smallest absolute Gasteiger partial charge is 0.0994 e. The van der Waals surface area contributed by atoms with Crippen LogP contribution in [0.4, 0.5) is 0 Å². The first-order valence-corrected chi connectivity index (χ1v) is 7.58. The van der Waals surface area contributed by atoms with Gasteiger partial charge in [0.05, 0.1) is 30.9 Å². The van der Waals surface area contributed by atoms with Crippen LogP contribution in [0.15, 0.2) is 35.2 Å². The molecule has 2 heterocycles. The third-order valence-electron chi connectivity index (χ3n) is 3.91. The lowest BCUT2D eigenvalue weighted by Crippen LogP contribution is -2.24. The van der Waals surface area contributed by atoms with Gasteiger partial charge in [-0.3, -0.25) is 0 Å². The van der Waals surface area contributed by atoms with Gasteiger partial charge in [0.15, 0.2) is 0 Å². The van der Waals surface area contributed by atoms with Gasteiger partial charge in [-0.1, -0.05) is 22.0 Å². The summed E-state index contributed by atoms with van der Waals surface area (Å²) in [6.45, 7) is 3.62. The second kappa shape index (κ2) is 5.68. The number of benzene rings is 1. The highest BCUT2D eigenvalue weighted by Gasteiger charge is 2.26. The Morgan fingerprint density at radius 2 is 2.35 bits per heavy atom. The molecule has 2 unspecified atom stereocenters. The van der Waals surface area contributed by atoms with Gasteiger partial charge in [0, 0.05) is 22.7 Å². The molecule has 2 aromatic rings. The Hall–Kier alpha value is -1.17. The molecule has 106 valence electrons. The van der Waals surface area contributed by atoms with Gasteiger partial charge >= 0.3 is 0 Å². The van der Waals surface area contributed by atoms with E-state index in [1.54, 1.807) is 0 Å². The number of nitrogens with two attached hydrogens (primary N) is 1. The molecule has 1 aromatic heterocycles. The molecule has 0 amide bonds. The van der Waals surface area contributed by atoms with Crippen molar-refractivity contribution >= 4 is 15.9 Å². The summed E-state index contributed by atoms with van der Waals surface area (Å²) in [5, 5.41) is 0. The first kappa shape index (κ1) is 13.8. The van der Waals surface area contributed by atoms with Gasteiger partial charge in [-0.15, -0.1) is 0 Å². The van der Waals surface area contributed by atoms with Crippen LogP contribution in [0, 0.1) is 12.8 Å². The second-order valence-electron chi connectivity index (χ2n) is 5.27. The predicted molar refractivity (Wildman–Crippen MR) is 81.9 cm³/mol. The Kier molecular flexibility index (Phi) is 3.92. The van der Waals surface area contributed by atoms with Crippen molar-refractivity contribution in [2.24, 2.45) is 11.7 Å². The van der Waals surface area contributed by atoms with Gasteiger partial charge in [-0.25, -0.2) is 4.98 Å². The Morgan fingerprint density at radius 3 is 3.05 bits per heavy atom. The SMILES string of the molecule is Cc1ccc(-n2cncc2C(N)C2CCOC2)cc1Br. The van der Waals surface area contributed by atoms with E-state index in [0.29, 0.717) is 5.92 Å². The highest BCUT2D eigenvalue weighted by molar-refractivity contribution is 9.10. The summed E-state index contributed by atoms with van der Waals surface area (Å²) in [6.07, 6.45) is 4.70. The molecule has 0 bridgehead atoms. The largest absolute Gasteiger partial charge is 0.381 e. The summed E-state index contributed by atoms with van der Waals surface area (Å²) >= 11 is 3.57. The van der Waals surface area contributed by atoms with Gasteiger partial charge in [-0.05, 0) is 31.0 Å². The first-order chi connectivity index (χ1) is 9.66. The topological polar surface area (TPSA) is 53.1 Å². The van der Waals surface area contributed by atoms with Crippen LogP contribution < -0.4 is 5.73 Å². The minimum Gasteiger partial charge on any atom is -0.381 e. The van der Waals surface area contributed by atoms with E-state index in [4.69, 9.17) is 10.5 Å². The van der Waals surface area contributed by atoms with Crippen molar-refractivity contribution in [2.45, 2.75) is 19.4 Å². The molecule has 0 spiro atoms. The summed E-state index contributed by atoms with van der Waals surface area (Å²) in [5.74, 6) is 0.374. The van der Waals surface area contributed by atoms with E-state index >= 15 is 0 Å². The first-order valence-electron chi connectivity index (χ1n) is 6.79. The molecule has 0 aliphatic carbocycles. The van der Waals surface area contributed by atoms with Crippen LogP contribution >= 0.6 is 15.9 Å². The highest BCUT2D eigenvalue weighted by atomic mass is 79.9. The molecule has 5 heteroatoms. The van der Waals surface area contributed by atoms with Gasteiger partial charge in [0.2, 0.25) is 0 Å². The summed E-state index contributed by atoms with van der Waals surface area (Å²) in [4.78, 5) is 4.27. The third-order valence-corrected chi connectivity index (χ3v) is 4.77. The number of aromatic nitrogens is 2. The average molecular weight is 336 g/mol. The molecule has 1 saturated heterocycles. The van der Waals surface area contributed by atoms with Crippen LogP contribution in [0.25, 0.3) is 5.69 Å². The molecule has 2 atom stereocenters. The predicted octanol–water partition coefficient (Wildman–Crippen LogP) is 2.98. The monoisotopic (exact) mass is 335 g/mol. The lowest BCUT2D eigenvalue weighted by molar-refractivity contribution is 0.180. The maximum atomic E-state index is 6.40. The van der Waals surface area contributed by atoms with Crippen molar-refractivity contribution < 1.29 is 4.74 Å². The zero-order valence-electron chi connectivity index (χ0n) is 11.4. The number of ether oxygens (including phenoxy) is 1. The average Bonchev–Trinajstić information content (AvgIpc) is 3.11. The van der Waals surface area contributed by atoms with E-state index in [0.717, 1.165) is 35.5 Å². The molecular formula is C15H18BrN3O. The summed E-state index contributed by atoms with van der Waals surface area (Å²) in [5.41, 5.74) is 9.72. The molecule has 1 aromatic carbocycles. The quantitative estimate of drug-likeness (QED) is 0.938. The number of imidazole rings is 1. The maximum absolute atomic E-state index is 6.40. The fourth-order valence-electron chi connectivity index (χ4n) is 2.58. The normalized spacial score (nSPS) is 20.2.